The first kappa shape index (κ1) is 105. The second kappa shape index (κ2) is 76.7. The summed E-state index contributed by atoms with van der Waals surface area (Å²) in [5.74, 6) is 1.08. The second-order valence-electron chi connectivity index (χ2n) is 33.3. The van der Waals surface area contributed by atoms with Crippen molar-refractivity contribution in [3.63, 3.8) is 0 Å². The lowest BCUT2D eigenvalue weighted by atomic mass is 9.99. The molecule has 0 radical (unpaired) electrons. The predicted octanol–water partition coefficient (Wildman–Crippen LogP) is 26.7. The van der Waals surface area contributed by atoms with Gasteiger partial charge in [-0.05, 0) is 49.4 Å². The van der Waals surface area contributed by atoms with Crippen molar-refractivity contribution >= 4 is 39.5 Å². The summed E-state index contributed by atoms with van der Waals surface area (Å²) in [4.78, 5) is 73.3. The fourth-order valence-corrected chi connectivity index (χ4v) is 15.2. The topological polar surface area (TPSA) is 237 Å². The average molecular weight is 1560 g/mol. The third-order valence-corrected chi connectivity index (χ3v) is 22.8. The Morgan fingerprint density at radius 2 is 0.449 bits per heavy atom. The standard InChI is InChI=1S/C88H172O17P2/c1-9-81(8)67-59-51-43-34-28-21-17-12-10-11-13-19-23-30-36-46-54-62-70-87(92)104-83(74-98-85(90)68-60-52-44-35-29-22-18-15-14-16-20-26-32-40-48-56-64-78(2)3)76-102-106(94,95)100-72-82(89)73-101-107(96,97)103-77-84(75-99-86(91)69-61-53-45-39-38-42-50-58-66-80(6)7)105-88(93)71-63-55-47-37-31-25-24-27-33-41-49-57-65-79(4)5/h78-84,89H,9-77H2,1-8H3,(H,94,95)(H,96,97)/t81?,82-,83-,84-/m1/s1. The molecule has 19 heteroatoms. The minimum absolute atomic E-state index is 0.106. The zero-order valence-corrected chi connectivity index (χ0v) is 72.6. The number of carbonyl (C=O) groups excluding carboxylic acids is 4. The molecule has 0 heterocycles. The number of unbranched alkanes of at least 4 members (excludes halogenated alkanes) is 50. The molecule has 3 N–H and O–H groups in total. The maximum absolute atomic E-state index is 13.2. The first-order chi connectivity index (χ1) is 51.6. The number of hydrogen-bond acceptors (Lipinski definition) is 15. The summed E-state index contributed by atoms with van der Waals surface area (Å²) in [6.45, 7) is 14.4. The van der Waals surface area contributed by atoms with E-state index in [1.54, 1.807) is 0 Å². The first-order valence-corrected chi connectivity index (χ1v) is 48.2. The van der Waals surface area contributed by atoms with E-state index in [4.69, 9.17) is 37.0 Å². The highest BCUT2D eigenvalue weighted by Crippen LogP contribution is 2.45. The molecule has 0 aliphatic heterocycles. The molecule has 0 aromatic heterocycles. The molecule has 0 aromatic carbocycles. The van der Waals surface area contributed by atoms with Crippen molar-refractivity contribution in [2.45, 2.75) is 478 Å². The molecule has 3 unspecified atom stereocenters. The number of carbonyl (C=O) groups is 4. The quantitative estimate of drug-likeness (QED) is 0.0222. The highest BCUT2D eigenvalue weighted by atomic mass is 31.2. The van der Waals surface area contributed by atoms with Crippen LogP contribution in [0.3, 0.4) is 0 Å². The van der Waals surface area contributed by atoms with Crippen molar-refractivity contribution in [2.75, 3.05) is 39.6 Å². The molecule has 0 aliphatic rings. The number of ether oxygens (including phenoxy) is 4. The third kappa shape index (κ3) is 80.5. The molecule has 107 heavy (non-hydrogen) atoms. The van der Waals surface area contributed by atoms with Crippen LogP contribution in [-0.2, 0) is 65.4 Å². The van der Waals surface area contributed by atoms with Gasteiger partial charge >= 0.3 is 39.5 Å². The minimum Gasteiger partial charge on any atom is -0.462 e. The maximum atomic E-state index is 13.2. The Labute approximate surface area is 658 Å². The molecule has 0 aromatic rings. The van der Waals surface area contributed by atoms with E-state index in [9.17, 15) is 43.2 Å². The Hall–Kier alpha value is -1.94. The smallest absolute Gasteiger partial charge is 0.462 e. The fraction of sp³-hybridized carbons (Fsp3) is 0.955. The largest absolute Gasteiger partial charge is 0.472 e. The molecule has 0 amide bonds. The van der Waals surface area contributed by atoms with Crippen LogP contribution >= 0.6 is 15.6 Å². The van der Waals surface area contributed by atoms with E-state index in [0.717, 1.165) is 114 Å². The van der Waals surface area contributed by atoms with Crippen LogP contribution < -0.4 is 0 Å². The van der Waals surface area contributed by atoms with Gasteiger partial charge in [-0.2, -0.15) is 0 Å². The molecule has 0 rings (SSSR count). The van der Waals surface area contributed by atoms with Gasteiger partial charge in [0.1, 0.15) is 19.3 Å². The van der Waals surface area contributed by atoms with E-state index in [2.05, 4.69) is 55.4 Å². The molecular formula is C88H172O17P2. The lowest BCUT2D eigenvalue weighted by Gasteiger charge is -2.21. The van der Waals surface area contributed by atoms with E-state index in [1.807, 2.05) is 0 Å². The molecule has 0 aliphatic carbocycles. The molecule has 0 bridgehead atoms. The molecule has 636 valence electrons. The van der Waals surface area contributed by atoms with Crippen molar-refractivity contribution in [1.82, 2.24) is 0 Å². The Kier molecular flexibility index (Phi) is 75.3. The number of aliphatic hydroxyl groups excluding tert-OH is 1. The van der Waals surface area contributed by atoms with Crippen molar-refractivity contribution in [3.8, 4) is 0 Å². The molecule has 0 spiro atoms. The van der Waals surface area contributed by atoms with Gasteiger partial charge in [0.25, 0.3) is 0 Å². The van der Waals surface area contributed by atoms with Crippen LogP contribution in [0.15, 0.2) is 0 Å². The van der Waals surface area contributed by atoms with Gasteiger partial charge < -0.3 is 33.8 Å². The Balaban J connectivity index is 5.24. The summed E-state index contributed by atoms with van der Waals surface area (Å²) in [7, 11) is -9.93. The monoisotopic (exact) mass is 1560 g/mol. The van der Waals surface area contributed by atoms with E-state index in [1.165, 1.54) is 263 Å². The van der Waals surface area contributed by atoms with E-state index in [-0.39, 0.29) is 25.7 Å². The molecule has 0 saturated heterocycles. The van der Waals surface area contributed by atoms with Gasteiger partial charge in [0.2, 0.25) is 0 Å². The lowest BCUT2D eigenvalue weighted by molar-refractivity contribution is -0.161. The van der Waals surface area contributed by atoms with E-state index < -0.39 is 97.5 Å². The van der Waals surface area contributed by atoms with Crippen LogP contribution in [-0.4, -0.2) is 96.7 Å². The van der Waals surface area contributed by atoms with Crippen LogP contribution in [0.25, 0.3) is 0 Å². The van der Waals surface area contributed by atoms with Crippen LogP contribution in [0, 0.1) is 23.7 Å². The van der Waals surface area contributed by atoms with Gasteiger partial charge in [-0.1, -0.05) is 409 Å². The number of phosphoric acid groups is 2. The number of hydrogen-bond donors (Lipinski definition) is 3. The van der Waals surface area contributed by atoms with E-state index in [0.29, 0.717) is 25.7 Å². The molecule has 17 nitrogen and oxygen atoms in total. The van der Waals surface area contributed by atoms with Crippen molar-refractivity contribution in [1.29, 1.82) is 0 Å². The Morgan fingerprint density at radius 3 is 0.664 bits per heavy atom. The van der Waals surface area contributed by atoms with Crippen molar-refractivity contribution < 1.29 is 80.2 Å². The summed E-state index contributed by atoms with van der Waals surface area (Å²) in [6, 6.07) is 0. The van der Waals surface area contributed by atoms with Gasteiger partial charge in [-0.15, -0.1) is 0 Å². The van der Waals surface area contributed by atoms with Crippen LogP contribution in [0.4, 0.5) is 0 Å². The Morgan fingerprint density at radius 1 is 0.262 bits per heavy atom. The SMILES string of the molecule is CCC(C)CCCCCCCCCCCCCCCCCCCCC(=O)O[C@H](COC(=O)CCCCCCCCCCCCCCCCCCC(C)C)COP(=O)(O)OC[C@@H](O)COP(=O)(O)OC[C@@H](COC(=O)CCCCCCCCCCC(C)C)OC(=O)CCCCCCCCCCCCCCC(C)C. The zero-order valence-electron chi connectivity index (χ0n) is 70.8. The second-order valence-corrected chi connectivity index (χ2v) is 36.2. The average Bonchev–Trinajstić information content (AvgIpc) is 0.901. The highest BCUT2D eigenvalue weighted by Gasteiger charge is 2.31. The highest BCUT2D eigenvalue weighted by molar-refractivity contribution is 7.47. The summed E-state index contributed by atoms with van der Waals surface area (Å²) in [6.07, 6.45) is 66.7. The van der Waals surface area contributed by atoms with Crippen LogP contribution in [0.5, 0.6) is 0 Å². The summed E-state index contributed by atoms with van der Waals surface area (Å²) < 4.78 is 69.0. The van der Waals surface area contributed by atoms with Gasteiger partial charge in [0, 0.05) is 25.7 Å². The number of rotatable bonds is 85. The van der Waals surface area contributed by atoms with Gasteiger partial charge in [-0.3, -0.25) is 37.3 Å². The van der Waals surface area contributed by atoms with Crippen molar-refractivity contribution in [3.05, 3.63) is 0 Å². The lowest BCUT2D eigenvalue weighted by Crippen LogP contribution is -2.30. The molecular weight excluding hydrogens is 1390 g/mol. The Bertz CT molecular complexity index is 2080. The summed E-state index contributed by atoms with van der Waals surface area (Å²) in [5, 5.41) is 10.7. The minimum atomic E-state index is -4.97. The number of esters is 4. The molecule has 6 atom stereocenters. The van der Waals surface area contributed by atoms with E-state index >= 15 is 0 Å². The third-order valence-electron chi connectivity index (χ3n) is 20.9. The van der Waals surface area contributed by atoms with Crippen LogP contribution in [0.2, 0.25) is 0 Å². The zero-order chi connectivity index (χ0) is 78.8. The fourth-order valence-electron chi connectivity index (χ4n) is 13.6. The molecule has 0 saturated carbocycles. The maximum Gasteiger partial charge on any atom is 0.472 e. The first-order valence-electron chi connectivity index (χ1n) is 45.2. The predicted molar refractivity (Wildman–Crippen MR) is 441 cm³/mol. The van der Waals surface area contributed by atoms with Gasteiger partial charge in [0.15, 0.2) is 12.2 Å². The van der Waals surface area contributed by atoms with Gasteiger partial charge in [-0.25, -0.2) is 9.13 Å². The van der Waals surface area contributed by atoms with Crippen LogP contribution in [0.1, 0.15) is 460 Å². The van der Waals surface area contributed by atoms with Crippen molar-refractivity contribution in [2.24, 2.45) is 23.7 Å². The van der Waals surface area contributed by atoms with Gasteiger partial charge in [0.05, 0.1) is 26.4 Å². The summed E-state index contributed by atoms with van der Waals surface area (Å²) >= 11 is 0. The number of aliphatic hydroxyl groups is 1. The normalized spacial score (nSPS) is 14.1. The summed E-state index contributed by atoms with van der Waals surface area (Å²) in [5.41, 5.74) is 0. The number of phosphoric ester groups is 2. The molecule has 0 fully saturated rings.